The molecule has 1 aromatic heterocycles. The molecular formula is C18H14F2N4O. The molecule has 1 heterocycles. The maximum atomic E-state index is 13.2. The van der Waals surface area contributed by atoms with Crippen LogP contribution in [0.25, 0.3) is 0 Å². The van der Waals surface area contributed by atoms with Crippen molar-refractivity contribution >= 4 is 23.1 Å². The molecular weight excluding hydrogens is 326 g/mol. The number of aromatic nitrogens is 2. The van der Waals surface area contributed by atoms with Gasteiger partial charge >= 0.3 is 0 Å². The molecule has 0 spiro atoms. The molecule has 0 radical (unpaired) electrons. The van der Waals surface area contributed by atoms with Gasteiger partial charge < -0.3 is 10.6 Å². The minimum Gasteiger partial charge on any atom is -0.339 e. The molecule has 0 saturated carbocycles. The molecule has 0 aliphatic rings. The highest BCUT2D eigenvalue weighted by Gasteiger charge is 2.10. The maximum Gasteiger partial charge on any atom is 0.276 e. The number of hydrogen-bond donors (Lipinski definition) is 2. The van der Waals surface area contributed by atoms with Crippen LogP contribution in [0.2, 0.25) is 0 Å². The molecule has 0 atom stereocenters. The molecule has 0 aliphatic heterocycles. The molecule has 0 unspecified atom stereocenters. The lowest BCUT2D eigenvalue weighted by Crippen LogP contribution is -2.14. The molecule has 7 heteroatoms. The van der Waals surface area contributed by atoms with Gasteiger partial charge in [-0.1, -0.05) is 17.7 Å². The number of benzene rings is 2. The van der Waals surface area contributed by atoms with Crippen molar-refractivity contribution in [1.29, 1.82) is 0 Å². The quantitative estimate of drug-likeness (QED) is 0.752. The maximum absolute atomic E-state index is 13.2. The standard InChI is InChI=1S/C18H14F2N4O/c1-11-2-4-12(5-3-11)21-17-9-8-16(23-24-17)18(25)22-13-6-7-14(19)15(20)10-13/h2-10H,1H3,(H,21,24)(H,22,25). The van der Waals surface area contributed by atoms with Gasteiger partial charge in [0, 0.05) is 17.4 Å². The number of aryl methyl sites for hydroxylation is 1. The van der Waals surface area contributed by atoms with Gasteiger partial charge in [0.1, 0.15) is 0 Å². The van der Waals surface area contributed by atoms with Gasteiger partial charge in [-0.2, -0.15) is 0 Å². The Kier molecular flexibility index (Phi) is 4.65. The Labute approximate surface area is 142 Å². The lowest BCUT2D eigenvalue weighted by atomic mass is 10.2. The Bertz CT molecular complexity index is 896. The van der Waals surface area contributed by atoms with Crippen LogP contribution in [0.4, 0.5) is 26.0 Å². The second-order valence-electron chi connectivity index (χ2n) is 5.38. The number of carbonyl (C=O) groups excluding carboxylic acids is 1. The van der Waals surface area contributed by atoms with Gasteiger partial charge in [0.25, 0.3) is 5.91 Å². The van der Waals surface area contributed by atoms with E-state index in [1.165, 1.54) is 12.1 Å². The third kappa shape index (κ3) is 4.14. The van der Waals surface area contributed by atoms with E-state index in [0.29, 0.717) is 5.82 Å². The molecule has 126 valence electrons. The van der Waals surface area contributed by atoms with Crippen LogP contribution in [0, 0.1) is 18.6 Å². The third-order valence-corrected chi connectivity index (χ3v) is 3.40. The van der Waals surface area contributed by atoms with E-state index in [2.05, 4.69) is 20.8 Å². The number of carbonyl (C=O) groups is 1. The summed E-state index contributed by atoms with van der Waals surface area (Å²) in [5.41, 5.74) is 2.17. The van der Waals surface area contributed by atoms with Crippen molar-refractivity contribution in [3.63, 3.8) is 0 Å². The predicted octanol–water partition coefficient (Wildman–Crippen LogP) is 4.06. The van der Waals surface area contributed by atoms with Crippen LogP contribution in [0.5, 0.6) is 0 Å². The van der Waals surface area contributed by atoms with Gasteiger partial charge in [-0.3, -0.25) is 4.79 Å². The number of amides is 1. The van der Waals surface area contributed by atoms with Crippen molar-refractivity contribution in [3.05, 3.63) is 77.5 Å². The number of halogens is 2. The second kappa shape index (κ2) is 7.04. The first kappa shape index (κ1) is 16.5. The van der Waals surface area contributed by atoms with Gasteiger partial charge in [0.2, 0.25) is 0 Å². The Morgan fingerprint density at radius 1 is 0.880 bits per heavy atom. The molecule has 3 aromatic rings. The fourth-order valence-corrected chi connectivity index (χ4v) is 2.07. The molecule has 5 nitrogen and oxygen atoms in total. The van der Waals surface area contributed by atoms with Crippen molar-refractivity contribution in [2.45, 2.75) is 6.92 Å². The molecule has 2 N–H and O–H groups in total. The van der Waals surface area contributed by atoms with E-state index in [-0.39, 0.29) is 11.4 Å². The van der Waals surface area contributed by atoms with Crippen molar-refractivity contribution < 1.29 is 13.6 Å². The monoisotopic (exact) mass is 340 g/mol. The van der Waals surface area contributed by atoms with E-state index >= 15 is 0 Å². The summed E-state index contributed by atoms with van der Waals surface area (Å²) in [6.07, 6.45) is 0. The van der Waals surface area contributed by atoms with Crippen LogP contribution in [-0.4, -0.2) is 16.1 Å². The van der Waals surface area contributed by atoms with Gasteiger partial charge in [-0.15, -0.1) is 10.2 Å². The summed E-state index contributed by atoms with van der Waals surface area (Å²) in [5.74, 6) is -2.11. The summed E-state index contributed by atoms with van der Waals surface area (Å²) in [6, 6.07) is 13.9. The Balaban J connectivity index is 1.67. The molecule has 0 bridgehead atoms. The van der Waals surface area contributed by atoms with Crippen LogP contribution in [0.3, 0.4) is 0 Å². The van der Waals surface area contributed by atoms with Crippen molar-refractivity contribution in [2.24, 2.45) is 0 Å². The molecule has 25 heavy (non-hydrogen) atoms. The Hall–Kier alpha value is -3.35. The van der Waals surface area contributed by atoms with Crippen LogP contribution >= 0.6 is 0 Å². The summed E-state index contributed by atoms with van der Waals surface area (Å²) in [6.45, 7) is 1.99. The first-order valence-electron chi connectivity index (χ1n) is 7.45. The van der Waals surface area contributed by atoms with Crippen molar-refractivity contribution in [1.82, 2.24) is 10.2 Å². The summed E-state index contributed by atoms with van der Waals surface area (Å²) in [4.78, 5) is 12.1. The number of rotatable bonds is 4. The van der Waals surface area contributed by atoms with Crippen LogP contribution in [-0.2, 0) is 0 Å². The van der Waals surface area contributed by atoms with Crippen LogP contribution in [0.15, 0.2) is 54.6 Å². The minimum absolute atomic E-state index is 0.0548. The lowest BCUT2D eigenvalue weighted by molar-refractivity contribution is 0.102. The number of hydrogen-bond acceptors (Lipinski definition) is 4. The van der Waals surface area contributed by atoms with E-state index in [4.69, 9.17) is 0 Å². The van der Waals surface area contributed by atoms with Crippen molar-refractivity contribution in [3.8, 4) is 0 Å². The zero-order valence-electron chi connectivity index (χ0n) is 13.3. The predicted molar refractivity (Wildman–Crippen MR) is 90.8 cm³/mol. The summed E-state index contributed by atoms with van der Waals surface area (Å²) in [7, 11) is 0. The first-order chi connectivity index (χ1) is 12.0. The highest BCUT2D eigenvalue weighted by Crippen LogP contribution is 2.16. The topological polar surface area (TPSA) is 66.9 Å². The normalized spacial score (nSPS) is 10.4. The molecule has 2 aromatic carbocycles. The largest absolute Gasteiger partial charge is 0.339 e. The zero-order valence-corrected chi connectivity index (χ0v) is 13.3. The lowest BCUT2D eigenvalue weighted by Gasteiger charge is -2.07. The smallest absolute Gasteiger partial charge is 0.276 e. The van der Waals surface area contributed by atoms with Crippen LogP contribution < -0.4 is 10.6 Å². The summed E-state index contributed by atoms with van der Waals surface area (Å²) in [5, 5.41) is 13.3. The highest BCUT2D eigenvalue weighted by atomic mass is 19.2. The average molecular weight is 340 g/mol. The van der Waals surface area contributed by atoms with Gasteiger partial charge in [-0.25, -0.2) is 8.78 Å². The highest BCUT2D eigenvalue weighted by molar-refractivity contribution is 6.02. The van der Waals surface area contributed by atoms with Gasteiger partial charge in [-0.05, 0) is 43.3 Å². The van der Waals surface area contributed by atoms with Crippen LogP contribution in [0.1, 0.15) is 16.1 Å². The average Bonchev–Trinajstić information content (AvgIpc) is 2.61. The number of anilines is 3. The Morgan fingerprint density at radius 3 is 2.24 bits per heavy atom. The fraction of sp³-hybridized carbons (Fsp3) is 0.0556. The van der Waals surface area contributed by atoms with Crippen molar-refractivity contribution in [2.75, 3.05) is 10.6 Å². The van der Waals surface area contributed by atoms with Gasteiger partial charge in [0.15, 0.2) is 23.1 Å². The van der Waals surface area contributed by atoms with E-state index in [9.17, 15) is 13.6 Å². The summed E-state index contributed by atoms with van der Waals surface area (Å²) >= 11 is 0. The molecule has 0 saturated heterocycles. The minimum atomic E-state index is -1.04. The molecule has 0 fully saturated rings. The molecule has 0 aliphatic carbocycles. The number of nitrogens with zero attached hydrogens (tertiary/aromatic N) is 2. The number of nitrogens with one attached hydrogen (secondary N) is 2. The van der Waals surface area contributed by atoms with E-state index in [1.807, 2.05) is 31.2 Å². The SMILES string of the molecule is Cc1ccc(Nc2ccc(C(=O)Nc3ccc(F)c(F)c3)nn2)cc1. The van der Waals surface area contributed by atoms with E-state index in [0.717, 1.165) is 23.4 Å². The first-order valence-corrected chi connectivity index (χ1v) is 7.45. The third-order valence-electron chi connectivity index (χ3n) is 3.40. The molecule has 1 amide bonds. The van der Waals surface area contributed by atoms with E-state index in [1.54, 1.807) is 6.07 Å². The Morgan fingerprint density at radius 2 is 1.60 bits per heavy atom. The second-order valence-corrected chi connectivity index (χ2v) is 5.38. The summed E-state index contributed by atoms with van der Waals surface area (Å²) < 4.78 is 26.0. The fourth-order valence-electron chi connectivity index (χ4n) is 2.07. The van der Waals surface area contributed by atoms with Gasteiger partial charge in [0.05, 0.1) is 0 Å². The zero-order chi connectivity index (χ0) is 17.8. The molecule has 3 rings (SSSR count). The van der Waals surface area contributed by atoms with E-state index < -0.39 is 17.5 Å².